The molecule has 0 aliphatic carbocycles. The standard InChI is InChI=1S/C15H23BrN2O/c1-10(2)13-6-5-7-17(13)15(19)14-8-12(16)9-18(14)11(3)4/h8-11,13H,5-7H2,1-4H3. The Bertz CT molecular complexity index is 465. The van der Waals surface area contributed by atoms with Crippen molar-refractivity contribution in [1.82, 2.24) is 9.47 Å². The van der Waals surface area contributed by atoms with Gasteiger partial charge >= 0.3 is 0 Å². The largest absolute Gasteiger partial charge is 0.340 e. The Morgan fingerprint density at radius 1 is 1.37 bits per heavy atom. The first-order chi connectivity index (χ1) is 8.91. The summed E-state index contributed by atoms with van der Waals surface area (Å²) in [6.07, 6.45) is 4.25. The quantitative estimate of drug-likeness (QED) is 0.821. The molecule has 1 unspecified atom stereocenters. The van der Waals surface area contributed by atoms with Crippen LogP contribution < -0.4 is 0 Å². The van der Waals surface area contributed by atoms with Gasteiger partial charge in [0.15, 0.2) is 0 Å². The van der Waals surface area contributed by atoms with E-state index in [0.717, 1.165) is 29.6 Å². The topological polar surface area (TPSA) is 25.2 Å². The average molecular weight is 327 g/mol. The zero-order chi connectivity index (χ0) is 14.2. The van der Waals surface area contributed by atoms with E-state index in [1.807, 2.05) is 12.3 Å². The van der Waals surface area contributed by atoms with Crippen molar-refractivity contribution in [2.24, 2.45) is 5.92 Å². The summed E-state index contributed by atoms with van der Waals surface area (Å²) in [6, 6.07) is 2.63. The van der Waals surface area contributed by atoms with E-state index in [9.17, 15) is 4.79 Å². The van der Waals surface area contributed by atoms with Crippen LogP contribution in [0.5, 0.6) is 0 Å². The fraction of sp³-hybridized carbons (Fsp3) is 0.667. The molecule has 1 aromatic heterocycles. The predicted molar refractivity (Wildman–Crippen MR) is 81.4 cm³/mol. The maximum Gasteiger partial charge on any atom is 0.270 e. The van der Waals surface area contributed by atoms with Crippen LogP contribution in [0.3, 0.4) is 0 Å². The van der Waals surface area contributed by atoms with Crippen LogP contribution in [0.15, 0.2) is 16.7 Å². The number of halogens is 1. The third-order valence-corrected chi connectivity index (χ3v) is 4.35. The summed E-state index contributed by atoms with van der Waals surface area (Å²) < 4.78 is 3.03. The van der Waals surface area contributed by atoms with E-state index in [4.69, 9.17) is 0 Å². The molecule has 1 aliphatic rings. The summed E-state index contributed by atoms with van der Waals surface area (Å²) in [5, 5.41) is 0. The van der Waals surface area contributed by atoms with E-state index in [-0.39, 0.29) is 5.91 Å². The van der Waals surface area contributed by atoms with E-state index >= 15 is 0 Å². The SMILES string of the molecule is CC(C)C1CCCN1C(=O)c1cc(Br)cn1C(C)C. The Labute approximate surface area is 124 Å². The molecule has 0 spiro atoms. The fourth-order valence-electron chi connectivity index (χ4n) is 2.93. The molecule has 1 fully saturated rings. The number of rotatable bonds is 3. The van der Waals surface area contributed by atoms with Gasteiger partial charge in [0.25, 0.3) is 5.91 Å². The lowest BCUT2D eigenvalue weighted by atomic mass is 10.0. The monoisotopic (exact) mass is 326 g/mol. The van der Waals surface area contributed by atoms with Gasteiger partial charge < -0.3 is 9.47 Å². The molecule has 1 saturated heterocycles. The van der Waals surface area contributed by atoms with Crippen LogP contribution in [-0.2, 0) is 0 Å². The number of carbonyl (C=O) groups excluding carboxylic acids is 1. The highest BCUT2D eigenvalue weighted by Crippen LogP contribution is 2.28. The minimum Gasteiger partial charge on any atom is -0.340 e. The predicted octanol–water partition coefficient (Wildman–Crippen LogP) is 4.09. The number of carbonyl (C=O) groups is 1. The van der Waals surface area contributed by atoms with Gasteiger partial charge in [0.2, 0.25) is 0 Å². The van der Waals surface area contributed by atoms with Crippen molar-refractivity contribution < 1.29 is 4.79 Å². The second-order valence-corrected chi connectivity index (χ2v) is 6.91. The first kappa shape index (κ1) is 14.6. The maximum atomic E-state index is 12.8. The van der Waals surface area contributed by atoms with Gasteiger partial charge in [0.1, 0.15) is 5.69 Å². The molecule has 106 valence electrons. The lowest BCUT2D eigenvalue weighted by molar-refractivity contribution is 0.0689. The van der Waals surface area contributed by atoms with Gasteiger partial charge in [-0.05, 0) is 54.6 Å². The van der Waals surface area contributed by atoms with Gasteiger partial charge in [-0.2, -0.15) is 0 Å². The highest BCUT2D eigenvalue weighted by atomic mass is 79.9. The molecule has 1 atom stereocenters. The molecular weight excluding hydrogens is 304 g/mol. The number of likely N-dealkylation sites (tertiary alicyclic amines) is 1. The summed E-state index contributed by atoms with van der Waals surface area (Å²) in [7, 11) is 0. The smallest absolute Gasteiger partial charge is 0.270 e. The van der Waals surface area contributed by atoms with E-state index in [0.29, 0.717) is 18.0 Å². The molecule has 0 N–H and O–H groups in total. The Hall–Kier alpha value is -0.770. The number of aromatic nitrogens is 1. The van der Waals surface area contributed by atoms with Crippen molar-refractivity contribution in [1.29, 1.82) is 0 Å². The number of nitrogens with zero attached hydrogens (tertiary/aromatic N) is 2. The normalized spacial score (nSPS) is 19.7. The second-order valence-electron chi connectivity index (χ2n) is 6.00. The van der Waals surface area contributed by atoms with Crippen molar-refractivity contribution in [2.75, 3.05) is 6.54 Å². The van der Waals surface area contributed by atoms with E-state index < -0.39 is 0 Å². The molecule has 1 aromatic rings. The summed E-state index contributed by atoms with van der Waals surface area (Å²) in [4.78, 5) is 14.8. The average Bonchev–Trinajstić information content (AvgIpc) is 2.93. The molecule has 0 radical (unpaired) electrons. The summed E-state index contributed by atoms with van der Waals surface area (Å²) in [5.41, 5.74) is 0.800. The van der Waals surface area contributed by atoms with Crippen molar-refractivity contribution in [3.05, 3.63) is 22.4 Å². The molecule has 1 aliphatic heterocycles. The lowest BCUT2D eigenvalue weighted by Gasteiger charge is -2.28. The van der Waals surface area contributed by atoms with Crippen LogP contribution >= 0.6 is 15.9 Å². The maximum absolute atomic E-state index is 12.8. The first-order valence-electron chi connectivity index (χ1n) is 7.10. The molecule has 1 amide bonds. The zero-order valence-electron chi connectivity index (χ0n) is 12.2. The third-order valence-electron chi connectivity index (χ3n) is 3.92. The van der Waals surface area contributed by atoms with E-state index in [1.165, 1.54) is 0 Å². The van der Waals surface area contributed by atoms with Crippen LogP contribution in [0.2, 0.25) is 0 Å². The molecule has 0 bridgehead atoms. The molecule has 3 nitrogen and oxygen atoms in total. The van der Waals surface area contributed by atoms with Crippen LogP contribution in [0.4, 0.5) is 0 Å². The Balaban J connectivity index is 2.29. The Morgan fingerprint density at radius 2 is 2.05 bits per heavy atom. The van der Waals surface area contributed by atoms with Crippen molar-refractivity contribution in [2.45, 2.75) is 52.6 Å². The Kier molecular flexibility index (Phi) is 4.39. The van der Waals surface area contributed by atoms with Crippen LogP contribution in [0, 0.1) is 5.92 Å². The molecule has 2 heterocycles. The molecule has 19 heavy (non-hydrogen) atoms. The van der Waals surface area contributed by atoms with Crippen LogP contribution in [0.1, 0.15) is 57.1 Å². The van der Waals surface area contributed by atoms with Crippen LogP contribution in [0.25, 0.3) is 0 Å². The van der Waals surface area contributed by atoms with E-state index in [1.54, 1.807) is 0 Å². The zero-order valence-corrected chi connectivity index (χ0v) is 13.8. The van der Waals surface area contributed by atoms with Gasteiger partial charge in [-0.25, -0.2) is 0 Å². The van der Waals surface area contributed by atoms with E-state index in [2.05, 4.69) is 53.1 Å². The summed E-state index contributed by atoms with van der Waals surface area (Å²) in [6.45, 7) is 9.50. The Morgan fingerprint density at radius 3 is 2.63 bits per heavy atom. The number of hydrogen-bond donors (Lipinski definition) is 0. The van der Waals surface area contributed by atoms with Crippen LogP contribution in [-0.4, -0.2) is 28.0 Å². The fourth-order valence-corrected chi connectivity index (χ4v) is 3.37. The molecule has 4 heteroatoms. The summed E-state index contributed by atoms with van der Waals surface area (Å²) >= 11 is 3.48. The number of hydrogen-bond acceptors (Lipinski definition) is 1. The van der Waals surface area contributed by atoms with Crippen molar-refractivity contribution in [3.8, 4) is 0 Å². The minimum atomic E-state index is 0.176. The third kappa shape index (κ3) is 2.88. The number of amides is 1. The van der Waals surface area contributed by atoms with Gasteiger partial charge in [-0.3, -0.25) is 4.79 Å². The molecule has 2 rings (SSSR count). The van der Waals surface area contributed by atoms with Crippen molar-refractivity contribution in [3.63, 3.8) is 0 Å². The minimum absolute atomic E-state index is 0.176. The van der Waals surface area contributed by atoms with Crippen molar-refractivity contribution >= 4 is 21.8 Å². The van der Waals surface area contributed by atoms with Gasteiger partial charge in [0.05, 0.1) is 0 Å². The van der Waals surface area contributed by atoms with Gasteiger partial charge in [-0.1, -0.05) is 13.8 Å². The van der Waals surface area contributed by atoms with Gasteiger partial charge in [0, 0.05) is 29.3 Å². The lowest BCUT2D eigenvalue weighted by Crippen LogP contribution is -2.39. The van der Waals surface area contributed by atoms with Gasteiger partial charge in [-0.15, -0.1) is 0 Å². The molecular formula is C15H23BrN2O. The first-order valence-corrected chi connectivity index (χ1v) is 7.89. The highest BCUT2D eigenvalue weighted by molar-refractivity contribution is 9.10. The molecule has 0 aromatic carbocycles. The second kappa shape index (κ2) is 5.70. The highest BCUT2D eigenvalue weighted by Gasteiger charge is 2.32. The molecule has 0 saturated carbocycles. The summed E-state index contributed by atoms with van der Waals surface area (Å²) in [5.74, 6) is 0.702.